The van der Waals surface area contributed by atoms with Crippen LogP contribution in [0.5, 0.6) is 0 Å². The number of carbonyl (C=O) groups excluding carboxylic acids is 1. The third-order valence-electron chi connectivity index (χ3n) is 2.80. The van der Waals surface area contributed by atoms with Gasteiger partial charge in [-0.25, -0.2) is 4.98 Å². The van der Waals surface area contributed by atoms with Gasteiger partial charge in [-0.15, -0.1) is 11.3 Å². The second-order valence-electron chi connectivity index (χ2n) is 3.71. The summed E-state index contributed by atoms with van der Waals surface area (Å²) < 4.78 is 5.57. The molecule has 1 unspecified atom stereocenters. The maximum Gasteiger partial charge on any atom is 0.184 e. The van der Waals surface area contributed by atoms with Crippen LogP contribution < -0.4 is 5.32 Å². The predicted octanol–water partition coefficient (Wildman–Crippen LogP) is 1.56. The number of methoxy groups -OCH3 is 1. The van der Waals surface area contributed by atoms with Crippen LogP contribution in [0.3, 0.4) is 0 Å². The molecule has 0 aromatic carbocycles. The molecule has 1 N–H and O–H groups in total. The van der Waals surface area contributed by atoms with Crippen LogP contribution in [0.4, 0.5) is 0 Å². The second-order valence-corrected chi connectivity index (χ2v) is 5.30. The highest BCUT2D eigenvalue weighted by Gasteiger charge is 2.38. The van der Waals surface area contributed by atoms with Gasteiger partial charge in [-0.1, -0.05) is 15.9 Å². The molecule has 2 rings (SSSR count). The van der Waals surface area contributed by atoms with Gasteiger partial charge in [0.1, 0.15) is 10.6 Å². The Morgan fingerprint density at radius 1 is 1.81 bits per heavy atom. The Kier molecular flexibility index (Phi) is 3.73. The number of thiazole rings is 1. The van der Waals surface area contributed by atoms with E-state index in [1.807, 2.05) is 0 Å². The normalized spacial score (nSPS) is 24.9. The van der Waals surface area contributed by atoms with Gasteiger partial charge < -0.3 is 10.1 Å². The van der Waals surface area contributed by atoms with Gasteiger partial charge in [-0.05, 0) is 13.0 Å². The second kappa shape index (κ2) is 4.91. The molecule has 0 bridgehead atoms. The Morgan fingerprint density at radius 3 is 3.19 bits per heavy atom. The lowest BCUT2D eigenvalue weighted by Crippen LogP contribution is -2.30. The van der Waals surface area contributed by atoms with Gasteiger partial charge in [0.15, 0.2) is 5.78 Å². The van der Waals surface area contributed by atoms with Gasteiger partial charge in [-0.3, -0.25) is 4.79 Å². The number of Topliss-reactive ketones (excluding diaryl/α,β-unsaturated/α-hetero) is 1. The average molecular weight is 305 g/mol. The Balaban J connectivity index is 2.26. The molecule has 1 aliphatic heterocycles. The zero-order valence-corrected chi connectivity index (χ0v) is 11.4. The summed E-state index contributed by atoms with van der Waals surface area (Å²) in [6.45, 7) is 1.69. The van der Waals surface area contributed by atoms with Crippen molar-refractivity contribution in [3.05, 3.63) is 16.1 Å². The first-order chi connectivity index (χ1) is 7.72. The van der Waals surface area contributed by atoms with Crippen LogP contribution >= 0.6 is 27.3 Å². The topological polar surface area (TPSA) is 51.2 Å². The number of hydrogen-bond acceptors (Lipinski definition) is 5. The average Bonchev–Trinajstić information content (AvgIpc) is 2.96. The predicted molar refractivity (Wildman–Crippen MR) is 66.4 cm³/mol. The fourth-order valence-corrected chi connectivity index (χ4v) is 3.33. The molecule has 1 aliphatic rings. The third-order valence-corrected chi connectivity index (χ3v) is 4.53. The Hall–Kier alpha value is -0.300. The number of nitrogens with one attached hydrogen (secondary N) is 1. The Labute approximate surface area is 107 Å². The van der Waals surface area contributed by atoms with Crippen molar-refractivity contribution in [3.8, 4) is 0 Å². The fraction of sp³-hybridized carbons (Fsp3) is 0.600. The molecule has 1 atom stereocenters. The first-order valence-corrected chi connectivity index (χ1v) is 6.97. The number of nitrogens with zero attached hydrogens (tertiary/aromatic N) is 1. The zero-order chi connectivity index (χ0) is 11.6. The van der Waals surface area contributed by atoms with E-state index >= 15 is 0 Å². The van der Waals surface area contributed by atoms with Gasteiger partial charge >= 0.3 is 0 Å². The van der Waals surface area contributed by atoms with Crippen molar-refractivity contribution in [1.29, 1.82) is 0 Å². The molecule has 1 fully saturated rings. The molecule has 2 heterocycles. The zero-order valence-electron chi connectivity index (χ0n) is 8.96. The lowest BCUT2D eigenvalue weighted by molar-refractivity contribution is 0.00308. The van der Waals surface area contributed by atoms with Crippen LogP contribution in [-0.2, 0) is 10.3 Å². The number of ketones is 1. The smallest absolute Gasteiger partial charge is 0.184 e. The van der Waals surface area contributed by atoms with E-state index in [9.17, 15) is 4.79 Å². The Bertz CT molecular complexity index is 388. The van der Waals surface area contributed by atoms with E-state index in [4.69, 9.17) is 4.74 Å². The monoisotopic (exact) mass is 304 g/mol. The minimum atomic E-state index is -0.338. The molecule has 4 nitrogen and oxygen atoms in total. The molecule has 0 spiro atoms. The number of ether oxygens (including phenoxy) is 1. The molecule has 1 saturated heterocycles. The molecule has 0 saturated carbocycles. The van der Waals surface area contributed by atoms with Crippen molar-refractivity contribution < 1.29 is 9.53 Å². The maximum atomic E-state index is 11.5. The summed E-state index contributed by atoms with van der Waals surface area (Å²) >= 11 is 4.59. The molecule has 0 aliphatic carbocycles. The lowest BCUT2D eigenvalue weighted by Gasteiger charge is -2.23. The van der Waals surface area contributed by atoms with Crippen LogP contribution in [0.15, 0.2) is 6.20 Å². The number of rotatable bonds is 4. The molecule has 1 aromatic rings. The van der Waals surface area contributed by atoms with Crippen molar-refractivity contribution in [2.45, 2.75) is 12.0 Å². The van der Waals surface area contributed by atoms with Crippen LogP contribution in [0.1, 0.15) is 21.1 Å². The van der Waals surface area contributed by atoms with Gasteiger partial charge in [0.05, 0.1) is 10.2 Å². The quantitative estimate of drug-likeness (QED) is 0.677. The number of alkyl halides is 1. The summed E-state index contributed by atoms with van der Waals surface area (Å²) in [7, 11) is 1.69. The van der Waals surface area contributed by atoms with E-state index in [2.05, 4.69) is 26.2 Å². The van der Waals surface area contributed by atoms with Crippen molar-refractivity contribution >= 4 is 33.0 Å². The Morgan fingerprint density at radius 2 is 2.62 bits per heavy atom. The van der Waals surface area contributed by atoms with E-state index < -0.39 is 0 Å². The molecule has 6 heteroatoms. The lowest BCUT2D eigenvalue weighted by atomic mass is 10.0. The summed E-state index contributed by atoms with van der Waals surface area (Å²) in [5.41, 5.74) is -0.338. The third kappa shape index (κ3) is 2.07. The molecule has 0 radical (unpaired) electrons. The SMILES string of the molecule is COC1(c2ncc(C(=O)CBr)s2)CCNC1. The maximum absolute atomic E-state index is 11.5. The summed E-state index contributed by atoms with van der Waals surface area (Å²) in [6, 6.07) is 0. The van der Waals surface area contributed by atoms with Crippen LogP contribution in [-0.4, -0.2) is 36.3 Å². The largest absolute Gasteiger partial charge is 0.370 e. The highest BCUT2D eigenvalue weighted by molar-refractivity contribution is 9.09. The minimum absolute atomic E-state index is 0.0703. The van der Waals surface area contributed by atoms with Crippen molar-refractivity contribution in [2.75, 3.05) is 25.5 Å². The molecule has 16 heavy (non-hydrogen) atoms. The van der Waals surface area contributed by atoms with E-state index in [1.54, 1.807) is 13.3 Å². The standard InChI is InChI=1S/C10H13BrN2O2S/c1-15-10(2-3-12-6-10)9-13-5-8(16-9)7(14)4-11/h5,12H,2-4,6H2,1H3. The summed E-state index contributed by atoms with van der Waals surface area (Å²) in [5.74, 6) is 0.0703. The highest BCUT2D eigenvalue weighted by Crippen LogP contribution is 2.34. The highest BCUT2D eigenvalue weighted by atomic mass is 79.9. The summed E-state index contributed by atoms with van der Waals surface area (Å²) in [4.78, 5) is 16.5. The van der Waals surface area contributed by atoms with Crippen molar-refractivity contribution in [1.82, 2.24) is 10.3 Å². The van der Waals surface area contributed by atoms with E-state index in [0.29, 0.717) is 10.2 Å². The number of aromatic nitrogens is 1. The number of halogens is 1. The van der Waals surface area contributed by atoms with Crippen molar-refractivity contribution in [2.24, 2.45) is 0 Å². The molecule has 88 valence electrons. The molecule has 0 amide bonds. The van der Waals surface area contributed by atoms with Crippen LogP contribution in [0, 0.1) is 0 Å². The van der Waals surface area contributed by atoms with Crippen LogP contribution in [0.25, 0.3) is 0 Å². The van der Waals surface area contributed by atoms with Gasteiger partial charge in [0.2, 0.25) is 0 Å². The minimum Gasteiger partial charge on any atom is -0.370 e. The van der Waals surface area contributed by atoms with E-state index in [0.717, 1.165) is 24.5 Å². The first kappa shape index (κ1) is 12.2. The summed E-state index contributed by atoms with van der Waals surface area (Å²) in [5, 5.41) is 4.50. The molecule has 1 aromatic heterocycles. The van der Waals surface area contributed by atoms with E-state index in [-0.39, 0.29) is 11.4 Å². The first-order valence-electron chi connectivity index (χ1n) is 5.03. The van der Waals surface area contributed by atoms with Gasteiger partial charge in [0.25, 0.3) is 0 Å². The van der Waals surface area contributed by atoms with Crippen molar-refractivity contribution in [3.63, 3.8) is 0 Å². The van der Waals surface area contributed by atoms with Gasteiger partial charge in [0, 0.05) is 19.9 Å². The molecular formula is C10H13BrN2O2S. The summed E-state index contributed by atoms with van der Waals surface area (Å²) in [6.07, 6.45) is 2.54. The molecular weight excluding hydrogens is 292 g/mol. The number of carbonyl (C=O) groups is 1. The van der Waals surface area contributed by atoms with Crippen LogP contribution in [0.2, 0.25) is 0 Å². The fourth-order valence-electron chi connectivity index (χ4n) is 1.79. The number of hydrogen-bond donors (Lipinski definition) is 1. The van der Waals surface area contributed by atoms with Gasteiger partial charge in [-0.2, -0.15) is 0 Å². The van der Waals surface area contributed by atoms with E-state index in [1.165, 1.54) is 11.3 Å².